The number of aromatic nitrogens is 2. The van der Waals surface area contributed by atoms with Gasteiger partial charge in [-0.2, -0.15) is 0 Å². The molecule has 0 spiro atoms. The van der Waals surface area contributed by atoms with Gasteiger partial charge in [0, 0.05) is 19.2 Å². The smallest absolute Gasteiger partial charge is 0.243 e. The van der Waals surface area contributed by atoms with Crippen LogP contribution < -0.4 is 5.32 Å². The minimum Gasteiger partial charge on any atom is -0.351 e. The van der Waals surface area contributed by atoms with Crippen LogP contribution in [0.3, 0.4) is 0 Å². The van der Waals surface area contributed by atoms with E-state index in [1.54, 1.807) is 6.08 Å². The van der Waals surface area contributed by atoms with Gasteiger partial charge in [0.1, 0.15) is 5.82 Å². The molecule has 1 saturated carbocycles. The highest BCUT2D eigenvalue weighted by molar-refractivity contribution is 5.88. The molecule has 0 bridgehead atoms. The van der Waals surface area contributed by atoms with Gasteiger partial charge < -0.3 is 9.88 Å². The third-order valence-electron chi connectivity index (χ3n) is 4.06. The van der Waals surface area contributed by atoms with E-state index in [9.17, 15) is 4.79 Å². The Kier molecular flexibility index (Phi) is 3.78. The molecular weight excluding hydrogens is 262 g/mol. The van der Waals surface area contributed by atoms with Gasteiger partial charge in [-0.1, -0.05) is 17.7 Å². The van der Waals surface area contributed by atoms with Crippen molar-refractivity contribution in [3.63, 3.8) is 0 Å². The summed E-state index contributed by atoms with van der Waals surface area (Å²) in [6.07, 6.45) is 4.21. The normalized spacial score (nSPS) is 15.4. The van der Waals surface area contributed by atoms with Crippen molar-refractivity contribution >= 4 is 16.9 Å². The molecular formula is C17H21N3O. The standard InChI is InChI=1S/C17H21N3O/c1-12(14-7-8-14)11-17(21)18-9-10-20-13(2)19-15-5-3-4-6-16(15)20/h3-6,11,14H,7-10H2,1-2H3,(H,18,21). The summed E-state index contributed by atoms with van der Waals surface area (Å²) >= 11 is 0. The fourth-order valence-electron chi connectivity index (χ4n) is 2.68. The monoisotopic (exact) mass is 283 g/mol. The van der Waals surface area contributed by atoms with Crippen molar-refractivity contribution in [1.82, 2.24) is 14.9 Å². The number of aryl methyl sites for hydroxylation is 1. The molecule has 3 rings (SSSR count). The largest absolute Gasteiger partial charge is 0.351 e. The summed E-state index contributed by atoms with van der Waals surface area (Å²) in [5, 5.41) is 2.96. The molecule has 21 heavy (non-hydrogen) atoms. The molecule has 4 heteroatoms. The lowest BCUT2D eigenvalue weighted by Crippen LogP contribution is -2.26. The first-order valence-corrected chi connectivity index (χ1v) is 7.53. The second-order valence-corrected chi connectivity index (χ2v) is 5.75. The molecule has 1 heterocycles. The summed E-state index contributed by atoms with van der Waals surface area (Å²) in [5.74, 6) is 1.65. The van der Waals surface area contributed by atoms with Crippen molar-refractivity contribution < 1.29 is 4.79 Å². The van der Waals surface area contributed by atoms with Crippen LogP contribution in [0.4, 0.5) is 0 Å². The maximum absolute atomic E-state index is 11.9. The van der Waals surface area contributed by atoms with Crippen molar-refractivity contribution in [1.29, 1.82) is 0 Å². The van der Waals surface area contributed by atoms with Gasteiger partial charge in [0.2, 0.25) is 5.91 Å². The summed E-state index contributed by atoms with van der Waals surface area (Å²) in [6, 6.07) is 8.08. The van der Waals surface area contributed by atoms with Crippen molar-refractivity contribution in [3.8, 4) is 0 Å². The zero-order valence-electron chi connectivity index (χ0n) is 12.6. The number of imidazole rings is 1. The fourth-order valence-corrected chi connectivity index (χ4v) is 2.68. The molecule has 1 aromatic carbocycles. The highest BCUT2D eigenvalue weighted by Gasteiger charge is 2.23. The molecule has 0 saturated heterocycles. The van der Waals surface area contributed by atoms with Crippen LogP contribution in [0.25, 0.3) is 11.0 Å². The molecule has 1 aliphatic carbocycles. The number of benzene rings is 1. The molecule has 110 valence electrons. The van der Waals surface area contributed by atoms with Crippen LogP contribution in [0.15, 0.2) is 35.9 Å². The summed E-state index contributed by atoms with van der Waals surface area (Å²) in [6.45, 7) is 5.41. The molecule has 4 nitrogen and oxygen atoms in total. The lowest BCUT2D eigenvalue weighted by atomic mass is 10.2. The molecule has 1 fully saturated rings. The molecule has 1 amide bonds. The number of fused-ring (bicyclic) bond motifs is 1. The van der Waals surface area contributed by atoms with E-state index in [0.717, 1.165) is 23.4 Å². The van der Waals surface area contributed by atoms with Gasteiger partial charge in [-0.05, 0) is 44.7 Å². The Labute approximate surface area is 124 Å². The second kappa shape index (κ2) is 5.72. The van der Waals surface area contributed by atoms with Crippen LogP contribution in [-0.4, -0.2) is 22.0 Å². The number of para-hydroxylation sites is 2. The Balaban J connectivity index is 1.60. The van der Waals surface area contributed by atoms with Crippen LogP contribution in [0.2, 0.25) is 0 Å². The number of carbonyl (C=O) groups is 1. The molecule has 1 aromatic heterocycles. The Morgan fingerprint density at radius 1 is 1.43 bits per heavy atom. The highest BCUT2D eigenvalue weighted by atomic mass is 16.1. The number of hydrogen-bond acceptors (Lipinski definition) is 2. The van der Waals surface area contributed by atoms with Gasteiger partial charge in [0.05, 0.1) is 11.0 Å². The molecule has 1 N–H and O–H groups in total. The second-order valence-electron chi connectivity index (χ2n) is 5.75. The molecule has 0 unspecified atom stereocenters. The van der Waals surface area contributed by atoms with Crippen LogP contribution in [0.1, 0.15) is 25.6 Å². The van der Waals surface area contributed by atoms with E-state index in [4.69, 9.17) is 0 Å². The van der Waals surface area contributed by atoms with Crippen LogP contribution >= 0.6 is 0 Å². The number of rotatable bonds is 5. The predicted octanol–water partition coefficient (Wildman–Crippen LogP) is 2.82. The quantitative estimate of drug-likeness (QED) is 0.858. The maximum Gasteiger partial charge on any atom is 0.243 e. The third-order valence-corrected chi connectivity index (χ3v) is 4.06. The molecule has 2 aromatic rings. The van der Waals surface area contributed by atoms with Gasteiger partial charge in [0.15, 0.2) is 0 Å². The third kappa shape index (κ3) is 3.15. The summed E-state index contributed by atoms with van der Waals surface area (Å²) in [5.41, 5.74) is 3.33. The number of allylic oxidation sites excluding steroid dienone is 1. The zero-order chi connectivity index (χ0) is 14.8. The van der Waals surface area contributed by atoms with E-state index < -0.39 is 0 Å². The average molecular weight is 283 g/mol. The van der Waals surface area contributed by atoms with Crippen molar-refractivity contribution in [2.75, 3.05) is 6.54 Å². The summed E-state index contributed by atoms with van der Waals surface area (Å²) in [7, 11) is 0. The van der Waals surface area contributed by atoms with Crippen LogP contribution in [-0.2, 0) is 11.3 Å². The van der Waals surface area contributed by atoms with E-state index in [0.29, 0.717) is 12.5 Å². The Hall–Kier alpha value is -2.10. The van der Waals surface area contributed by atoms with Gasteiger partial charge in [0.25, 0.3) is 0 Å². The number of hydrogen-bond donors (Lipinski definition) is 1. The first kappa shape index (κ1) is 13.9. The topological polar surface area (TPSA) is 46.9 Å². The van der Waals surface area contributed by atoms with Gasteiger partial charge in [-0.3, -0.25) is 4.79 Å². The van der Waals surface area contributed by atoms with Crippen LogP contribution in [0.5, 0.6) is 0 Å². The fraction of sp³-hybridized carbons (Fsp3) is 0.412. The van der Waals surface area contributed by atoms with E-state index in [1.165, 1.54) is 18.4 Å². The molecule has 0 radical (unpaired) electrons. The Morgan fingerprint density at radius 3 is 2.95 bits per heavy atom. The predicted molar refractivity (Wildman–Crippen MR) is 84.0 cm³/mol. The van der Waals surface area contributed by atoms with Crippen molar-refractivity contribution in [2.45, 2.75) is 33.2 Å². The first-order valence-electron chi connectivity index (χ1n) is 7.53. The lowest BCUT2D eigenvalue weighted by Gasteiger charge is -2.07. The van der Waals surface area contributed by atoms with Crippen LogP contribution in [0, 0.1) is 12.8 Å². The molecule has 1 aliphatic rings. The van der Waals surface area contributed by atoms with Gasteiger partial charge in [-0.25, -0.2) is 4.98 Å². The van der Waals surface area contributed by atoms with E-state index >= 15 is 0 Å². The first-order chi connectivity index (χ1) is 10.1. The minimum atomic E-state index is 0.0153. The number of carbonyl (C=O) groups excluding carboxylic acids is 1. The van der Waals surface area contributed by atoms with Gasteiger partial charge >= 0.3 is 0 Å². The Morgan fingerprint density at radius 2 is 2.19 bits per heavy atom. The summed E-state index contributed by atoms with van der Waals surface area (Å²) < 4.78 is 2.15. The van der Waals surface area contributed by atoms with Crippen molar-refractivity contribution in [3.05, 3.63) is 41.7 Å². The SMILES string of the molecule is CC(=CC(=O)NCCn1c(C)nc2ccccc21)C1CC1. The maximum atomic E-state index is 11.9. The number of nitrogens with one attached hydrogen (secondary N) is 1. The van der Waals surface area contributed by atoms with Crippen molar-refractivity contribution in [2.24, 2.45) is 5.92 Å². The van der Waals surface area contributed by atoms with E-state index in [2.05, 4.69) is 20.9 Å². The average Bonchev–Trinajstić information content (AvgIpc) is 3.25. The van der Waals surface area contributed by atoms with Gasteiger partial charge in [-0.15, -0.1) is 0 Å². The zero-order valence-corrected chi connectivity index (χ0v) is 12.6. The number of amides is 1. The molecule has 0 aliphatic heterocycles. The Bertz CT molecular complexity index is 695. The minimum absolute atomic E-state index is 0.0153. The summed E-state index contributed by atoms with van der Waals surface area (Å²) in [4.78, 5) is 16.4. The lowest BCUT2D eigenvalue weighted by molar-refractivity contribution is -0.116. The number of nitrogens with zero attached hydrogens (tertiary/aromatic N) is 2. The van der Waals surface area contributed by atoms with E-state index in [1.807, 2.05) is 32.0 Å². The molecule has 0 atom stereocenters. The highest BCUT2D eigenvalue weighted by Crippen LogP contribution is 2.35. The van der Waals surface area contributed by atoms with E-state index in [-0.39, 0.29) is 5.91 Å².